The number of aromatic nitrogens is 2. The van der Waals surface area contributed by atoms with Gasteiger partial charge in [0.2, 0.25) is 0 Å². The van der Waals surface area contributed by atoms with Crippen LogP contribution in [0.25, 0.3) is 5.69 Å². The van der Waals surface area contributed by atoms with Gasteiger partial charge in [0, 0.05) is 17.5 Å². The van der Waals surface area contributed by atoms with Crippen molar-refractivity contribution in [2.24, 2.45) is 17.8 Å². The number of rotatable bonds is 2. The van der Waals surface area contributed by atoms with E-state index >= 15 is 0 Å². The van der Waals surface area contributed by atoms with Gasteiger partial charge in [0.05, 0.1) is 16.9 Å². The van der Waals surface area contributed by atoms with Crippen molar-refractivity contribution in [3.63, 3.8) is 0 Å². The molecule has 0 amide bonds. The minimum atomic E-state index is 0.303. The minimum absolute atomic E-state index is 0.303. The predicted octanol–water partition coefficient (Wildman–Crippen LogP) is 4.18. The van der Waals surface area contributed by atoms with Crippen LogP contribution in [0.4, 0.5) is 5.82 Å². The lowest BCUT2D eigenvalue weighted by atomic mass is 9.48. The van der Waals surface area contributed by atoms with E-state index in [1.807, 2.05) is 28.9 Å². The Kier molecular flexibility index (Phi) is 2.93. The van der Waals surface area contributed by atoms with E-state index in [2.05, 4.69) is 11.4 Å². The molecule has 0 saturated heterocycles. The van der Waals surface area contributed by atoms with Gasteiger partial charge >= 0.3 is 0 Å². The van der Waals surface area contributed by atoms with Crippen LogP contribution in [0.5, 0.6) is 0 Å². The molecule has 1 aromatic heterocycles. The van der Waals surface area contributed by atoms with Gasteiger partial charge in [-0.3, -0.25) is 0 Å². The zero-order valence-electron chi connectivity index (χ0n) is 15.0. The van der Waals surface area contributed by atoms with E-state index < -0.39 is 0 Å². The van der Waals surface area contributed by atoms with Crippen LogP contribution >= 0.6 is 0 Å². The van der Waals surface area contributed by atoms with Crippen LogP contribution in [0.2, 0.25) is 0 Å². The number of nitrogens with zero attached hydrogens (tertiary/aromatic N) is 3. The highest BCUT2D eigenvalue weighted by molar-refractivity contribution is 5.61. The first-order valence-corrected chi connectivity index (χ1v) is 10.1. The number of nitriles is 1. The number of nitrogens with one attached hydrogen (secondary N) is 1. The number of hydrogen-bond donors (Lipinski definition) is 1. The van der Waals surface area contributed by atoms with Crippen LogP contribution < -0.4 is 5.32 Å². The average molecular weight is 344 g/mol. The van der Waals surface area contributed by atoms with Crippen LogP contribution in [0.15, 0.2) is 24.3 Å². The third-order valence-corrected chi connectivity index (χ3v) is 7.44. The monoisotopic (exact) mass is 344 g/mol. The number of anilines is 1. The second-order valence-electron chi connectivity index (χ2n) is 9.09. The summed E-state index contributed by atoms with van der Waals surface area (Å²) < 4.78 is 2.04. The quantitative estimate of drug-likeness (QED) is 0.889. The van der Waals surface area contributed by atoms with Crippen molar-refractivity contribution in [3.05, 3.63) is 41.1 Å². The zero-order chi connectivity index (χ0) is 17.3. The van der Waals surface area contributed by atoms with Crippen LogP contribution in [0.3, 0.4) is 0 Å². The summed E-state index contributed by atoms with van der Waals surface area (Å²) in [6.45, 7) is 0.987. The van der Waals surface area contributed by atoms with E-state index in [4.69, 9.17) is 5.10 Å². The zero-order valence-corrected chi connectivity index (χ0v) is 15.0. The molecule has 2 heterocycles. The molecule has 2 aromatic rings. The molecule has 1 aromatic carbocycles. The maximum absolute atomic E-state index is 9.55. The fourth-order valence-corrected chi connectivity index (χ4v) is 6.93. The number of fused-ring (bicyclic) bond motifs is 1. The van der Waals surface area contributed by atoms with Crippen LogP contribution in [0.1, 0.15) is 55.3 Å². The van der Waals surface area contributed by atoms with Crippen LogP contribution in [-0.4, -0.2) is 16.3 Å². The Labute approximate surface area is 154 Å². The molecule has 4 aliphatic carbocycles. The van der Waals surface area contributed by atoms with E-state index in [0.29, 0.717) is 11.0 Å². The second-order valence-corrected chi connectivity index (χ2v) is 9.09. The first kappa shape index (κ1) is 14.8. The number of benzene rings is 1. The van der Waals surface area contributed by atoms with Crippen LogP contribution in [0, 0.1) is 29.1 Å². The Bertz CT molecular complexity index is 897. The van der Waals surface area contributed by atoms with Gasteiger partial charge in [-0.15, -0.1) is 0 Å². The van der Waals surface area contributed by atoms with E-state index in [0.717, 1.165) is 42.2 Å². The first-order valence-electron chi connectivity index (χ1n) is 10.1. The molecule has 0 spiro atoms. The summed E-state index contributed by atoms with van der Waals surface area (Å²) in [5, 5.41) is 18.3. The first-order chi connectivity index (χ1) is 12.8. The van der Waals surface area contributed by atoms with Crippen molar-refractivity contribution in [1.29, 1.82) is 5.26 Å². The van der Waals surface area contributed by atoms with Gasteiger partial charge in [0.25, 0.3) is 0 Å². The molecule has 4 bridgehead atoms. The normalized spacial score (nSPS) is 33.7. The Morgan fingerprint density at radius 3 is 2.46 bits per heavy atom. The molecule has 0 atom stereocenters. The molecule has 4 saturated carbocycles. The summed E-state index contributed by atoms with van der Waals surface area (Å²) in [5.74, 6) is 3.90. The van der Waals surface area contributed by atoms with Gasteiger partial charge in [0.15, 0.2) is 0 Å². The summed E-state index contributed by atoms with van der Waals surface area (Å²) >= 11 is 0. The molecular formula is C22H24N4. The van der Waals surface area contributed by atoms with Crippen molar-refractivity contribution in [2.45, 2.75) is 50.4 Å². The molecule has 4 fully saturated rings. The van der Waals surface area contributed by atoms with Gasteiger partial charge in [-0.25, -0.2) is 4.68 Å². The molecule has 132 valence electrons. The van der Waals surface area contributed by atoms with Gasteiger partial charge in [0.1, 0.15) is 11.9 Å². The van der Waals surface area contributed by atoms with Crippen molar-refractivity contribution < 1.29 is 0 Å². The molecule has 1 N–H and O–H groups in total. The van der Waals surface area contributed by atoms with Gasteiger partial charge in [-0.2, -0.15) is 10.4 Å². The molecule has 5 aliphatic rings. The van der Waals surface area contributed by atoms with Crippen molar-refractivity contribution >= 4 is 5.82 Å². The molecule has 0 radical (unpaired) electrons. The summed E-state index contributed by atoms with van der Waals surface area (Å²) in [7, 11) is 0. The van der Waals surface area contributed by atoms with E-state index in [1.165, 1.54) is 49.8 Å². The van der Waals surface area contributed by atoms with Crippen LogP contribution in [-0.2, 0) is 11.8 Å². The molecule has 7 rings (SSSR count). The van der Waals surface area contributed by atoms with E-state index in [-0.39, 0.29) is 0 Å². The highest BCUT2D eigenvalue weighted by Crippen LogP contribution is 2.61. The maximum Gasteiger partial charge on any atom is 0.133 e. The molecule has 4 heteroatoms. The number of para-hydroxylation sites is 1. The highest BCUT2D eigenvalue weighted by Gasteiger charge is 2.54. The lowest BCUT2D eigenvalue weighted by molar-refractivity contribution is -0.00770. The Morgan fingerprint density at radius 1 is 1.08 bits per heavy atom. The molecular weight excluding hydrogens is 320 g/mol. The van der Waals surface area contributed by atoms with Gasteiger partial charge in [-0.05, 0) is 74.8 Å². The van der Waals surface area contributed by atoms with Gasteiger partial charge in [-0.1, -0.05) is 12.1 Å². The molecule has 26 heavy (non-hydrogen) atoms. The number of hydrogen-bond acceptors (Lipinski definition) is 3. The Morgan fingerprint density at radius 2 is 1.77 bits per heavy atom. The lowest BCUT2D eigenvalue weighted by Crippen LogP contribution is -2.49. The molecule has 4 nitrogen and oxygen atoms in total. The van der Waals surface area contributed by atoms with Crippen molar-refractivity contribution in [2.75, 3.05) is 11.9 Å². The average Bonchev–Trinajstić information content (AvgIpc) is 3.23. The maximum atomic E-state index is 9.55. The Balaban J connectivity index is 1.52. The second kappa shape index (κ2) is 5.13. The predicted molar refractivity (Wildman–Crippen MR) is 100 cm³/mol. The highest BCUT2D eigenvalue weighted by atomic mass is 15.3. The smallest absolute Gasteiger partial charge is 0.133 e. The fourth-order valence-electron chi connectivity index (χ4n) is 6.93. The topological polar surface area (TPSA) is 53.6 Å². The summed E-state index contributed by atoms with van der Waals surface area (Å²) in [5.41, 5.74) is 4.71. The summed E-state index contributed by atoms with van der Waals surface area (Å²) in [6.07, 6.45) is 9.45. The SMILES string of the molecule is N#Cc1ccccc1-n1nc(C23CC4CC(CC(C4)C2)C3)c2c1NCC2. The summed E-state index contributed by atoms with van der Waals surface area (Å²) in [4.78, 5) is 0. The standard InChI is InChI=1S/C22H24N4/c23-13-17-3-1-2-4-19(17)26-21-18(5-6-24-21)20(25-26)22-10-14-7-15(11-22)9-16(8-14)12-22/h1-4,14-16,24H,5-12H2. The van der Waals surface area contributed by atoms with Crippen molar-refractivity contribution in [1.82, 2.24) is 9.78 Å². The Hall–Kier alpha value is -2.28. The summed E-state index contributed by atoms with van der Waals surface area (Å²) in [6, 6.07) is 10.2. The fraction of sp³-hybridized carbons (Fsp3) is 0.545. The third kappa shape index (κ3) is 1.92. The van der Waals surface area contributed by atoms with Gasteiger partial charge < -0.3 is 5.32 Å². The molecule has 1 aliphatic heterocycles. The molecule has 0 unspecified atom stereocenters. The lowest BCUT2D eigenvalue weighted by Gasteiger charge is -2.56. The minimum Gasteiger partial charge on any atom is -0.369 e. The third-order valence-electron chi connectivity index (χ3n) is 7.44. The van der Waals surface area contributed by atoms with Crippen molar-refractivity contribution in [3.8, 4) is 11.8 Å². The largest absolute Gasteiger partial charge is 0.369 e. The van der Waals surface area contributed by atoms with E-state index in [1.54, 1.807) is 0 Å². The van der Waals surface area contributed by atoms with E-state index in [9.17, 15) is 5.26 Å².